The van der Waals surface area contributed by atoms with Gasteiger partial charge in [0.25, 0.3) is 0 Å². The summed E-state index contributed by atoms with van der Waals surface area (Å²) in [7, 11) is 0. The molecule has 2 unspecified atom stereocenters. The van der Waals surface area contributed by atoms with Crippen LogP contribution >= 0.6 is 11.8 Å². The molecule has 0 radical (unpaired) electrons. The Labute approximate surface area is 159 Å². The standard InChI is InChI=1S/C20H26N4OS/c1-15-10-16(2)13-24(12-15)18-8-9-21-20(23-18)26-14-19(25)22-11-17-6-4-3-5-7-17/h3-9,15-16H,10-14H2,1-2H3,(H,22,25). The minimum absolute atomic E-state index is 0.00641. The molecule has 1 aliphatic heterocycles. The summed E-state index contributed by atoms with van der Waals surface area (Å²) in [6.45, 7) is 7.18. The molecule has 3 rings (SSSR count). The quantitative estimate of drug-likeness (QED) is 0.624. The van der Waals surface area contributed by atoms with Crippen molar-refractivity contribution < 1.29 is 4.79 Å². The molecule has 1 aromatic heterocycles. The van der Waals surface area contributed by atoms with Gasteiger partial charge in [0.1, 0.15) is 5.82 Å². The number of benzene rings is 1. The van der Waals surface area contributed by atoms with Crippen LogP contribution in [0, 0.1) is 11.8 Å². The average molecular weight is 371 g/mol. The Morgan fingerprint density at radius 2 is 1.92 bits per heavy atom. The van der Waals surface area contributed by atoms with Crippen molar-refractivity contribution in [3.05, 3.63) is 48.2 Å². The molecule has 0 aliphatic carbocycles. The number of nitrogens with one attached hydrogen (secondary N) is 1. The third-order valence-electron chi connectivity index (χ3n) is 4.48. The van der Waals surface area contributed by atoms with Crippen LogP contribution in [0.2, 0.25) is 0 Å². The Morgan fingerprint density at radius 1 is 1.19 bits per heavy atom. The Balaban J connectivity index is 1.51. The monoisotopic (exact) mass is 370 g/mol. The highest BCUT2D eigenvalue weighted by Crippen LogP contribution is 2.26. The van der Waals surface area contributed by atoms with Crippen molar-refractivity contribution in [2.24, 2.45) is 11.8 Å². The third-order valence-corrected chi connectivity index (χ3v) is 5.34. The van der Waals surface area contributed by atoms with Crippen LogP contribution in [0.4, 0.5) is 5.82 Å². The van der Waals surface area contributed by atoms with Crippen LogP contribution in [0.1, 0.15) is 25.8 Å². The van der Waals surface area contributed by atoms with Crippen molar-refractivity contribution in [1.29, 1.82) is 0 Å². The molecular formula is C20H26N4OS. The van der Waals surface area contributed by atoms with Gasteiger partial charge in [0.2, 0.25) is 5.91 Å². The highest BCUT2D eigenvalue weighted by molar-refractivity contribution is 7.99. The molecule has 0 spiro atoms. The molecule has 2 atom stereocenters. The first kappa shape index (κ1) is 18.7. The van der Waals surface area contributed by atoms with Crippen LogP contribution in [0.25, 0.3) is 0 Å². The Bertz CT molecular complexity index is 715. The average Bonchev–Trinajstić information content (AvgIpc) is 2.65. The molecule has 2 aromatic rings. The Morgan fingerprint density at radius 3 is 2.65 bits per heavy atom. The summed E-state index contributed by atoms with van der Waals surface area (Å²) in [6.07, 6.45) is 3.06. The van der Waals surface area contributed by atoms with Crippen molar-refractivity contribution in [3.63, 3.8) is 0 Å². The topological polar surface area (TPSA) is 58.1 Å². The van der Waals surface area contributed by atoms with Crippen LogP contribution < -0.4 is 10.2 Å². The van der Waals surface area contributed by atoms with E-state index in [1.165, 1.54) is 18.2 Å². The Kier molecular flexibility index (Phi) is 6.50. The smallest absolute Gasteiger partial charge is 0.230 e. The highest BCUT2D eigenvalue weighted by Gasteiger charge is 2.23. The number of carbonyl (C=O) groups excluding carboxylic acids is 1. The van der Waals surface area contributed by atoms with Crippen LogP contribution in [-0.4, -0.2) is 34.7 Å². The lowest BCUT2D eigenvalue weighted by molar-refractivity contribution is -0.118. The van der Waals surface area contributed by atoms with E-state index in [2.05, 4.69) is 34.0 Å². The first-order valence-corrected chi connectivity index (χ1v) is 10.1. The molecule has 26 heavy (non-hydrogen) atoms. The van der Waals surface area contributed by atoms with Crippen molar-refractivity contribution in [2.75, 3.05) is 23.7 Å². The van der Waals surface area contributed by atoms with Crippen LogP contribution in [0.15, 0.2) is 47.8 Å². The highest BCUT2D eigenvalue weighted by atomic mass is 32.2. The second-order valence-corrected chi connectivity index (χ2v) is 8.04. The van der Waals surface area contributed by atoms with Gasteiger partial charge in [0.15, 0.2) is 5.16 Å². The molecule has 5 nitrogen and oxygen atoms in total. The van der Waals surface area contributed by atoms with Crippen molar-refractivity contribution in [1.82, 2.24) is 15.3 Å². The number of anilines is 1. The fourth-order valence-corrected chi connectivity index (χ4v) is 4.06. The van der Waals surface area contributed by atoms with Gasteiger partial charge >= 0.3 is 0 Å². The molecule has 6 heteroatoms. The van der Waals surface area contributed by atoms with Crippen LogP contribution in [-0.2, 0) is 11.3 Å². The number of aromatic nitrogens is 2. The van der Waals surface area contributed by atoms with E-state index in [1.54, 1.807) is 6.20 Å². The zero-order valence-corrected chi connectivity index (χ0v) is 16.2. The van der Waals surface area contributed by atoms with Gasteiger partial charge < -0.3 is 10.2 Å². The molecular weight excluding hydrogens is 344 g/mol. The molecule has 0 bridgehead atoms. The number of thioether (sulfide) groups is 1. The van der Waals surface area contributed by atoms with Crippen molar-refractivity contribution >= 4 is 23.5 Å². The van der Waals surface area contributed by atoms with Crippen LogP contribution in [0.3, 0.4) is 0 Å². The first-order valence-electron chi connectivity index (χ1n) is 9.11. The second kappa shape index (κ2) is 9.03. The van der Waals surface area contributed by atoms with E-state index >= 15 is 0 Å². The summed E-state index contributed by atoms with van der Waals surface area (Å²) in [5, 5.41) is 3.59. The van der Waals surface area contributed by atoms with E-state index in [9.17, 15) is 4.79 Å². The predicted molar refractivity (Wildman–Crippen MR) is 106 cm³/mol. The number of nitrogens with zero attached hydrogens (tertiary/aromatic N) is 3. The molecule has 1 N–H and O–H groups in total. The first-order chi connectivity index (χ1) is 12.6. The number of amides is 1. The molecule has 2 heterocycles. The van der Waals surface area contributed by atoms with Gasteiger partial charge in [-0.05, 0) is 29.9 Å². The third kappa shape index (κ3) is 5.46. The Hall–Kier alpha value is -2.08. The molecule has 1 amide bonds. The molecule has 1 aliphatic rings. The zero-order valence-electron chi connectivity index (χ0n) is 15.4. The summed E-state index contributed by atoms with van der Waals surface area (Å²) in [6, 6.07) is 11.9. The fraction of sp³-hybridized carbons (Fsp3) is 0.450. The fourth-order valence-electron chi connectivity index (χ4n) is 3.41. The largest absolute Gasteiger partial charge is 0.356 e. The lowest BCUT2D eigenvalue weighted by Gasteiger charge is -2.35. The van der Waals surface area contributed by atoms with Gasteiger partial charge in [-0.3, -0.25) is 4.79 Å². The molecule has 0 saturated carbocycles. The van der Waals surface area contributed by atoms with E-state index < -0.39 is 0 Å². The minimum atomic E-state index is -0.00641. The van der Waals surface area contributed by atoms with E-state index in [1.807, 2.05) is 36.4 Å². The van der Waals surface area contributed by atoms with E-state index in [0.717, 1.165) is 24.5 Å². The summed E-state index contributed by atoms with van der Waals surface area (Å²) in [5.41, 5.74) is 1.09. The normalized spacial score (nSPS) is 20.0. The lowest BCUT2D eigenvalue weighted by Crippen LogP contribution is -2.39. The SMILES string of the molecule is CC1CC(C)CN(c2ccnc(SCC(=O)NCc3ccccc3)n2)C1. The van der Waals surface area contributed by atoms with Gasteiger partial charge in [0, 0.05) is 25.8 Å². The number of hydrogen-bond acceptors (Lipinski definition) is 5. The molecule has 1 saturated heterocycles. The maximum absolute atomic E-state index is 12.1. The van der Waals surface area contributed by atoms with Crippen LogP contribution in [0.5, 0.6) is 0 Å². The van der Waals surface area contributed by atoms with E-state index in [-0.39, 0.29) is 5.91 Å². The number of hydrogen-bond donors (Lipinski definition) is 1. The number of piperidine rings is 1. The second-order valence-electron chi connectivity index (χ2n) is 7.10. The summed E-state index contributed by atoms with van der Waals surface area (Å²) in [4.78, 5) is 23.4. The molecule has 1 fully saturated rings. The van der Waals surface area contributed by atoms with Gasteiger partial charge in [-0.25, -0.2) is 9.97 Å². The molecule has 1 aromatic carbocycles. The van der Waals surface area contributed by atoms with Crippen molar-refractivity contribution in [2.45, 2.75) is 32.0 Å². The molecule has 138 valence electrons. The van der Waals surface area contributed by atoms with Crippen molar-refractivity contribution in [3.8, 4) is 0 Å². The van der Waals surface area contributed by atoms with Gasteiger partial charge in [0.05, 0.1) is 5.75 Å². The van der Waals surface area contributed by atoms with E-state index in [0.29, 0.717) is 29.3 Å². The predicted octanol–water partition coefficient (Wildman–Crippen LogP) is 3.37. The van der Waals surface area contributed by atoms with Gasteiger partial charge in [-0.15, -0.1) is 0 Å². The van der Waals surface area contributed by atoms with Gasteiger partial charge in [-0.1, -0.05) is 55.9 Å². The summed E-state index contributed by atoms with van der Waals surface area (Å²) >= 11 is 1.38. The number of carbonyl (C=O) groups is 1. The zero-order chi connectivity index (χ0) is 18.4. The number of rotatable bonds is 6. The maximum atomic E-state index is 12.1. The lowest BCUT2D eigenvalue weighted by atomic mass is 9.92. The minimum Gasteiger partial charge on any atom is -0.356 e. The summed E-state index contributed by atoms with van der Waals surface area (Å²) < 4.78 is 0. The van der Waals surface area contributed by atoms with E-state index in [4.69, 9.17) is 0 Å². The maximum Gasteiger partial charge on any atom is 0.230 e. The summed E-state index contributed by atoms with van der Waals surface area (Å²) in [5.74, 6) is 2.63. The van der Waals surface area contributed by atoms with Gasteiger partial charge in [-0.2, -0.15) is 0 Å².